The largest absolute Gasteiger partial charge is 0.384 e. The number of rotatable bonds is 4. The van der Waals surface area contributed by atoms with Crippen molar-refractivity contribution >= 4 is 36.4 Å². The van der Waals surface area contributed by atoms with Gasteiger partial charge in [-0.05, 0) is 25.5 Å². The first-order chi connectivity index (χ1) is 9.18. The average molecular weight is 334 g/mol. The predicted molar refractivity (Wildman–Crippen MR) is 92.8 cm³/mol. The van der Waals surface area contributed by atoms with Gasteiger partial charge in [-0.1, -0.05) is 18.2 Å². The van der Waals surface area contributed by atoms with Crippen LogP contribution in [0.2, 0.25) is 0 Å². The number of carbonyl (C=O) groups is 1. The third-order valence-corrected chi connectivity index (χ3v) is 3.62. The topological polar surface area (TPSA) is 44.4 Å². The Balaban J connectivity index is 0.00000200. The molecule has 0 spiro atoms. The van der Waals surface area contributed by atoms with Gasteiger partial charge in [0.15, 0.2) is 0 Å². The normalized spacial score (nSPS) is 17.4. The van der Waals surface area contributed by atoms with E-state index in [1.807, 2.05) is 23.1 Å². The summed E-state index contributed by atoms with van der Waals surface area (Å²) in [6, 6.07) is 8.46. The molecule has 0 radical (unpaired) electrons. The number of hydrogen-bond donors (Lipinski definition) is 2. The van der Waals surface area contributed by atoms with Gasteiger partial charge in [-0.2, -0.15) is 0 Å². The molecule has 0 aromatic heterocycles. The number of amides is 1. The van der Waals surface area contributed by atoms with Gasteiger partial charge in [0.25, 0.3) is 0 Å². The van der Waals surface area contributed by atoms with Crippen LogP contribution in [0.15, 0.2) is 24.3 Å². The molecule has 1 aromatic carbocycles. The van der Waals surface area contributed by atoms with E-state index in [1.54, 1.807) is 0 Å². The molecule has 1 atom stereocenters. The van der Waals surface area contributed by atoms with Crippen LogP contribution in [0.3, 0.4) is 0 Å². The fraction of sp³-hybridized carbons (Fsp3) is 0.533. The van der Waals surface area contributed by atoms with E-state index >= 15 is 0 Å². The number of halogens is 2. The number of anilines is 1. The monoisotopic (exact) mass is 333 g/mol. The lowest BCUT2D eigenvalue weighted by atomic mass is 10.2. The predicted octanol–water partition coefficient (Wildman–Crippen LogP) is 2.46. The first-order valence-corrected chi connectivity index (χ1v) is 6.98. The molecule has 2 rings (SSSR count). The third kappa shape index (κ3) is 5.73. The van der Waals surface area contributed by atoms with Crippen LogP contribution in [0, 0.1) is 6.92 Å². The van der Waals surface area contributed by atoms with Gasteiger partial charge in [0.2, 0.25) is 5.91 Å². The molecule has 0 unspecified atom stereocenters. The second-order valence-electron chi connectivity index (χ2n) is 5.13. The van der Waals surface area contributed by atoms with Gasteiger partial charge in [-0.15, -0.1) is 24.8 Å². The van der Waals surface area contributed by atoms with Gasteiger partial charge in [-0.25, -0.2) is 0 Å². The summed E-state index contributed by atoms with van der Waals surface area (Å²) in [4.78, 5) is 14.1. The second-order valence-corrected chi connectivity index (χ2v) is 5.13. The summed E-state index contributed by atoms with van der Waals surface area (Å²) >= 11 is 0. The van der Waals surface area contributed by atoms with Gasteiger partial charge < -0.3 is 15.5 Å². The van der Waals surface area contributed by atoms with E-state index < -0.39 is 0 Å². The summed E-state index contributed by atoms with van der Waals surface area (Å²) in [6.07, 6.45) is 0.554. The van der Waals surface area contributed by atoms with E-state index in [-0.39, 0.29) is 30.7 Å². The Hall–Kier alpha value is -0.970. The van der Waals surface area contributed by atoms with Crippen LogP contribution in [0.5, 0.6) is 0 Å². The minimum atomic E-state index is 0. The van der Waals surface area contributed by atoms with E-state index in [2.05, 4.69) is 30.5 Å². The van der Waals surface area contributed by atoms with E-state index in [9.17, 15) is 4.79 Å². The molecule has 1 aromatic rings. The van der Waals surface area contributed by atoms with Gasteiger partial charge in [0.1, 0.15) is 0 Å². The number of nitrogens with zero attached hydrogens (tertiary/aromatic N) is 1. The van der Waals surface area contributed by atoms with E-state index in [4.69, 9.17) is 0 Å². The highest BCUT2D eigenvalue weighted by Crippen LogP contribution is 2.13. The molecule has 1 saturated heterocycles. The summed E-state index contributed by atoms with van der Waals surface area (Å²) in [5.74, 6) is 0.245. The molecule has 6 heteroatoms. The molecule has 0 saturated carbocycles. The van der Waals surface area contributed by atoms with Crippen LogP contribution >= 0.6 is 24.8 Å². The molecule has 1 aliphatic rings. The zero-order valence-electron chi connectivity index (χ0n) is 12.6. The number of benzene rings is 1. The minimum Gasteiger partial charge on any atom is -0.384 e. The van der Waals surface area contributed by atoms with Crippen LogP contribution in [0.25, 0.3) is 0 Å². The SMILES string of the molecule is Cc1ccccc1NCCC(=O)N1CCNC[C@H]1C.Cl.Cl. The summed E-state index contributed by atoms with van der Waals surface area (Å²) in [5, 5.41) is 6.63. The smallest absolute Gasteiger partial charge is 0.224 e. The number of hydrogen-bond acceptors (Lipinski definition) is 3. The van der Waals surface area contributed by atoms with Crippen LogP contribution in [-0.4, -0.2) is 43.0 Å². The summed E-state index contributed by atoms with van der Waals surface area (Å²) in [6.45, 7) is 7.49. The molecule has 1 fully saturated rings. The number of nitrogens with one attached hydrogen (secondary N) is 2. The fourth-order valence-corrected chi connectivity index (χ4v) is 2.43. The van der Waals surface area contributed by atoms with Crippen molar-refractivity contribution in [3.05, 3.63) is 29.8 Å². The molecule has 0 aliphatic carbocycles. The van der Waals surface area contributed by atoms with Crippen LogP contribution in [-0.2, 0) is 4.79 Å². The molecule has 120 valence electrons. The molecular weight excluding hydrogens is 309 g/mol. The molecule has 0 bridgehead atoms. The Morgan fingerprint density at radius 2 is 2.10 bits per heavy atom. The van der Waals surface area contributed by atoms with Crippen molar-refractivity contribution in [1.29, 1.82) is 0 Å². The van der Waals surface area contributed by atoms with Crippen molar-refractivity contribution < 1.29 is 4.79 Å². The van der Waals surface area contributed by atoms with Gasteiger partial charge in [-0.3, -0.25) is 4.79 Å². The molecule has 1 amide bonds. The quantitative estimate of drug-likeness (QED) is 0.889. The van der Waals surface area contributed by atoms with Crippen LogP contribution in [0.4, 0.5) is 5.69 Å². The lowest BCUT2D eigenvalue weighted by molar-refractivity contribution is -0.133. The molecule has 2 N–H and O–H groups in total. The maximum Gasteiger partial charge on any atom is 0.224 e. The van der Waals surface area contributed by atoms with Gasteiger partial charge in [0.05, 0.1) is 0 Å². The highest BCUT2D eigenvalue weighted by Gasteiger charge is 2.22. The second kappa shape index (κ2) is 9.87. The Bertz CT molecular complexity index is 443. The minimum absolute atomic E-state index is 0. The van der Waals surface area contributed by atoms with Crippen molar-refractivity contribution in [3.8, 4) is 0 Å². The van der Waals surface area contributed by atoms with Crippen molar-refractivity contribution in [3.63, 3.8) is 0 Å². The number of carbonyl (C=O) groups excluding carboxylic acids is 1. The highest BCUT2D eigenvalue weighted by molar-refractivity contribution is 5.85. The first kappa shape index (κ1) is 20.0. The van der Waals surface area contributed by atoms with Crippen molar-refractivity contribution in [1.82, 2.24) is 10.2 Å². The Morgan fingerprint density at radius 1 is 1.38 bits per heavy atom. The molecule has 4 nitrogen and oxygen atoms in total. The lowest BCUT2D eigenvalue weighted by Crippen LogP contribution is -2.52. The summed E-state index contributed by atoms with van der Waals surface area (Å²) < 4.78 is 0. The number of piperazine rings is 1. The van der Waals surface area contributed by atoms with Crippen molar-refractivity contribution in [2.75, 3.05) is 31.5 Å². The molecular formula is C15H25Cl2N3O. The Morgan fingerprint density at radius 3 is 2.76 bits per heavy atom. The summed E-state index contributed by atoms with van der Waals surface area (Å²) in [7, 11) is 0. The maximum atomic E-state index is 12.1. The standard InChI is InChI=1S/C15H23N3O.2ClH/c1-12-5-3-4-6-14(12)17-8-7-15(19)18-10-9-16-11-13(18)2;;/h3-6,13,16-17H,7-11H2,1-2H3;2*1H/t13-;;/m1../s1. The molecule has 21 heavy (non-hydrogen) atoms. The maximum absolute atomic E-state index is 12.1. The zero-order valence-corrected chi connectivity index (χ0v) is 14.2. The van der Waals surface area contributed by atoms with Crippen LogP contribution < -0.4 is 10.6 Å². The Labute approximate surface area is 139 Å². The fourth-order valence-electron chi connectivity index (χ4n) is 2.43. The molecule has 1 heterocycles. The van der Waals surface area contributed by atoms with E-state index in [0.29, 0.717) is 19.0 Å². The summed E-state index contributed by atoms with van der Waals surface area (Å²) in [5.41, 5.74) is 2.33. The zero-order chi connectivity index (χ0) is 13.7. The van der Waals surface area contributed by atoms with Gasteiger partial charge >= 0.3 is 0 Å². The Kier molecular flexibility index (Phi) is 9.42. The first-order valence-electron chi connectivity index (χ1n) is 6.98. The number of aryl methyl sites for hydroxylation is 1. The van der Waals surface area contributed by atoms with Gasteiger partial charge in [0, 0.05) is 44.3 Å². The number of para-hydroxylation sites is 1. The average Bonchev–Trinajstić information content (AvgIpc) is 2.41. The van der Waals surface area contributed by atoms with Crippen LogP contribution in [0.1, 0.15) is 18.9 Å². The van der Waals surface area contributed by atoms with E-state index in [1.165, 1.54) is 5.56 Å². The lowest BCUT2D eigenvalue weighted by Gasteiger charge is -2.34. The van der Waals surface area contributed by atoms with Crippen molar-refractivity contribution in [2.24, 2.45) is 0 Å². The van der Waals surface area contributed by atoms with E-state index in [0.717, 1.165) is 25.3 Å². The highest BCUT2D eigenvalue weighted by atomic mass is 35.5. The van der Waals surface area contributed by atoms with Crippen molar-refractivity contribution in [2.45, 2.75) is 26.3 Å². The third-order valence-electron chi connectivity index (χ3n) is 3.62. The molecule has 1 aliphatic heterocycles.